The molecule has 1 aromatic carbocycles. The first-order chi connectivity index (χ1) is 11.7. The molecular formula is C17H15FN4OS. The molecule has 5 nitrogen and oxygen atoms in total. The van der Waals surface area contributed by atoms with Crippen LogP contribution in [-0.4, -0.2) is 29.0 Å². The number of nitrogens with one attached hydrogen (secondary N) is 1. The van der Waals surface area contributed by atoms with Gasteiger partial charge in [0, 0.05) is 32.0 Å². The minimum atomic E-state index is -0.304. The SMILES string of the molecule is O=C(NCc1ccncc1)C1CN(c2nc3c(F)cccc3s2)C1. The Labute approximate surface area is 142 Å². The Kier molecular flexibility index (Phi) is 3.86. The molecule has 3 heterocycles. The van der Waals surface area contributed by atoms with Gasteiger partial charge in [0.1, 0.15) is 11.3 Å². The molecule has 1 amide bonds. The van der Waals surface area contributed by atoms with Gasteiger partial charge in [0.25, 0.3) is 0 Å². The molecule has 0 saturated carbocycles. The van der Waals surface area contributed by atoms with Crippen LogP contribution in [-0.2, 0) is 11.3 Å². The first-order valence-electron chi connectivity index (χ1n) is 7.67. The lowest BCUT2D eigenvalue weighted by atomic mass is 10.00. The van der Waals surface area contributed by atoms with Crippen LogP contribution in [0.1, 0.15) is 5.56 Å². The zero-order chi connectivity index (χ0) is 16.5. The van der Waals surface area contributed by atoms with Crippen molar-refractivity contribution in [2.45, 2.75) is 6.54 Å². The summed E-state index contributed by atoms with van der Waals surface area (Å²) in [5.41, 5.74) is 1.43. The topological polar surface area (TPSA) is 58.1 Å². The average Bonchev–Trinajstić information content (AvgIpc) is 2.97. The van der Waals surface area contributed by atoms with Gasteiger partial charge in [0.05, 0.1) is 10.6 Å². The molecule has 0 aliphatic carbocycles. The van der Waals surface area contributed by atoms with Gasteiger partial charge in [-0.3, -0.25) is 9.78 Å². The molecule has 4 rings (SSSR count). The number of aromatic nitrogens is 2. The number of amides is 1. The normalized spacial score (nSPS) is 14.6. The zero-order valence-electron chi connectivity index (χ0n) is 12.8. The number of fused-ring (bicyclic) bond motifs is 1. The lowest BCUT2D eigenvalue weighted by molar-refractivity contribution is -0.125. The quantitative estimate of drug-likeness (QED) is 0.792. The van der Waals surface area contributed by atoms with E-state index in [2.05, 4.69) is 15.3 Å². The van der Waals surface area contributed by atoms with Gasteiger partial charge >= 0.3 is 0 Å². The van der Waals surface area contributed by atoms with Gasteiger partial charge in [-0.25, -0.2) is 9.37 Å². The van der Waals surface area contributed by atoms with E-state index in [4.69, 9.17) is 0 Å². The number of anilines is 1. The third kappa shape index (κ3) is 2.82. The van der Waals surface area contributed by atoms with Crippen molar-refractivity contribution in [3.8, 4) is 0 Å². The van der Waals surface area contributed by atoms with Crippen LogP contribution in [0.15, 0.2) is 42.7 Å². The van der Waals surface area contributed by atoms with Crippen LogP contribution in [0.4, 0.5) is 9.52 Å². The highest BCUT2D eigenvalue weighted by atomic mass is 32.1. The first-order valence-corrected chi connectivity index (χ1v) is 8.49. The first kappa shape index (κ1) is 15.0. The molecule has 0 radical (unpaired) electrons. The lowest BCUT2D eigenvalue weighted by Gasteiger charge is -2.37. The molecular weight excluding hydrogens is 327 g/mol. The van der Waals surface area contributed by atoms with E-state index in [1.165, 1.54) is 17.4 Å². The molecule has 0 atom stereocenters. The van der Waals surface area contributed by atoms with E-state index in [-0.39, 0.29) is 17.6 Å². The van der Waals surface area contributed by atoms with E-state index in [1.807, 2.05) is 23.1 Å². The lowest BCUT2D eigenvalue weighted by Crippen LogP contribution is -2.53. The molecule has 24 heavy (non-hydrogen) atoms. The van der Waals surface area contributed by atoms with Gasteiger partial charge in [-0.1, -0.05) is 17.4 Å². The fraction of sp³-hybridized carbons (Fsp3) is 0.235. The number of benzene rings is 1. The van der Waals surface area contributed by atoms with Crippen LogP contribution < -0.4 is 10.2 Å². The van der Waals surface area contributed by atoms with Crippen molar-refractivity contribution in [3.05, 3.63) is 54.1 Å². The highest BCUT2D eigenvalue weighted by Crippen LogP contribution is 2.33. The number of hydrogen-bond donors (Lipinski definition) is 1. The summed E-state index contributed by atoms with van der Waals surface area (Å²) >= 11 is 1.46. The monoisotopic (exact) mass is 342 g/mol. The largest absolute Gasteiger partial charge is 0.352 e. The van der Waals surface area contributed by atoms with E-state index < -0.39 is 0 Å². The molecule has 2 aromatic heterocycles. The molecule has 0 bridgehead atoms. The molecule has 1 aliphatic rings. The molecule has 1 fully saturated rings. The Bertz CT molecular complexity index is 877. The summed E-state index contributed by atoms with van der Waals surface area (Å²) in [7, 11) is 0. The van der Waals surface area contributed by atoms with Crippen LogP contribution in [0.3, 0.4) is 0 Å². The summed E-state index contributed by atoms with van der Waals surface area (Å²) in [5.74, 6) is -0.318. The summed E-state index contributed by atoms with van der Waals surface area (Å²) in [5, 5.41) is 3.71. The van der Waals surface area contributed by atoms with Crippen LogP contribution in [0, 0.1) is 11.7 Å². The molecule has 3 aromatic rings. The van der Waals surface area contributed by atoms with Crippen LogP contribution in [0.2, 0.25) is 0 Å². The maximum atomic E-state index is 13.7. The number of rotatable bonds is 4. The van der Waals surface area contributed by atoms with Gasteiger partial charge in [-0.05, 0) is 29.8 Å². The molecule has 1 aliphatic heterocycles. The Morgan fingerprint density at radius 2 is 2.08 bits per heavy atom. The molecule has 1 N–H and O–H groups in total. The molecule has 7 heteroatoms. The summed E-state index contributed by atoms with van der Waals surface area (Å²) < 4.78 is 14.5. The summed E-state index contributed by atoms with van der Waals surface area (Å²) in [6.45, 7) is 1.73. The molecule has 122 valence electrons. The Morgan fingerprint density at radius 1 is 1.29 bits per heavy atom. The summed E-state index contributed by atoms with van der Waals surface area (Å²) in [6, 6.07) is 8.71. The Balaban J connectivity index is 1.35. The summed E-state index contributed by atoms with van der Waals surface area (Å²) in [4.78, 5) is 22.5. The van der Waals surface area contributed by atoms with Crippen molar-refractivity contribution in [2.75, 3.05) is 18.0 Å². The number of carbonyl (C=O) groups excluding carboxylic acids is 1. The second-order valence-corrected chi connectivity index (χ2v) is 6.77. The van der Waals surface area contributed by atoms with Crippen molar-refractivity contribution < 1.29 is 9.18 Å². The van der Waals surface area contributed by atoms with Crippen molar-refractivity contribution in [2.24, 2.45) is 5.92 Å². The molecule has 1 saturated heterocycles. The van der Waals surface area contributed by atoms with Crippen LogP contribution in [0.25, 0.3) is 10.2 Å². The van der Waals surface area contributed by atoms with Gasteiger partial charge in [-0.2, -0.15) is 0 Å². The fourth-order valence-corrected chi connectivity index (χ4v) is 3.67. The summed E-state index contributed by atoms with van der Waals surface area (Å²) in [6.07, 6.45) is 3.41. The van der Waals surface area contributed by atoms with Crippen molar-refractivity contribution >= 4 is 32.6 Å². The van der Waals surface area contributed by atoms with E-state index in [1.54, 1.807) is 18.5 Å². The number of halogens is 1. The highest BCUT2D eigenvalue weighted by Gasteiger charge is 2.34. The van der Waals surface area contributed by atoms with Gasteiger partial charge < -0.3 is 10.2 Å². The molecule has 0 unspecified atom stereocenters. The van der Waals surface area contributed by atoms with Crippen molar-refractivity contribution in [3.63, 3.8) is 0 Å². The van der Waals surface area contributed by atoms with Gasteiger partial charge in [-0.15, -0.1) is 0 Å². The average molecular weight is 342 g/mol. The Morgan fingerprint density at radius 3 is 2.83 bits per heavy atom. The standard InChI is InChI=1S/C17H15FN4OS/c18-13-2-1-3-14-15(13)21-17(24-14)22-9-12(10-22)16(23)20-8-11-4-6-19-7-5-11/h1-7,12H,8-10H2,(H,20,23). The van der Waals surface area contributed by atoms with Crippen molar-refractivity contribution in [1.82, 2.24) is 15.3 Å². The van der Waals surface area contributed by atoms with E-state index in [0.717, 1.165) is 15.4 Å². The van der Waals surface area contributed by atoms with Crippen LogP contribution >= 0.6 is 11.3 Å². The number of para-hydroxylation sites is 1. The predicted octanol–water partition coefficient (Wildman–Crippen LogP) is 2.58. The minimum absolute atomic E-state index is 0.0374. The van der Waals surface area contributed by atoms with Gasteiger partial charge in [0.2, 0.25) is 5.91 Å². The number of pyridine rings is 1. The third-order valence-corrected chi connectivity index (χ3v) is 5.18. The van der Waals surface area contributed by atoms with Gasteiger partial charge in [0.15, 0.2) is 5.13 Å². The van der Waals surface area contributed by atoms with E-state index in [9.17, 15) is 9.18 Å². The minimum Gasteiger partial charge on any atom is -0.352 e. The zero-order valence-corrected chi connectivity index (χ0v) is 13.6. The highest BCUT2D eigenvalue weighted by molar-refractivity contribution is 7.22. The van der Waals surface area contributed by atoms with E-state index in [0.29, 0.717) is 25.2 Å². The number of carbonyl (C=O) groups is 1. The van der Waals surface area contributed by atoms with Crippen LogP contribution in [0.5, 0.6) is 0 Å². The van der Waals surface area contributed by atoms with Crippen molar-refractivity contribution in [1.29, 1.82) is 0 Å². The number of hydrogen-bond acceptors (Lipinski definition) is 5. The Hall–Kier alpha value is -2.54. The second kappa shape index (κ2) is 6.16. The van der Waals surface area contributed by atoms with E-state index >= 15 is 0 Å². The maximum Gasteiger partial charge on any atom is 0.226 e. The second-order valence-electron chi connectivity index (χ2n) is 5.76. The number of thiazole rings is 1. The predicted molar refractivity (Wildman–Crippen MR) is 91.4 cm³/mol. The molecule has 0 spiro atoms. The number of nitrogens with zero attached hydrogens (tertiary/aromatic N) is 3. The maximum absolute atomic E-state index is 13.7. The fourth-order valence-electron chi connectivity index (χ4n) is 2.67. The smallest absolute Gasteiger partial charge is 0.226 e. The third-order valence-electron chi connectivity index (χ3n) is 4.10.